The van der Waals surface area contributed by atoms with Crippen molar-refractivity contribution in [2.45, 2.75) is 39.3 Å². The molecule has 2 fully saturated rings. The lowest BCUT2D eigenvalue weighted by Gasteiger charge is -2.39. The lowest BCUT2D eigenvalue weighted by molar-refractivity contribution is -0.384. The number of aliphatic imine (C=N–C) groups is 1. The number of halogens is 1. The third-order valence-corrected chi connectivity index (χ3v) is 5.83. The Hall–Kier alpha value is -1.95. The average Bonchev–Trinajstić information content (AvgIpc) is 3.31. The molecule has 0 spiro atoms. The first kappa shape index (κ1) is 25.3. The van der Waals surface area contributed by atoms with E-state index in [1.807, 2.05) is 18.7 Å². The maximum absolute atomic E-state index is 12.7. The molecule has 172 valence electrons. The summed E-state index contributed by atoms with van der Waals surface area (Å²) in [5, 5.41) is 14.1. The minimum absolute atomic E-state index is 0. The zero-order chi connectivity index (χ0) is 21.5. The van der Waals surface area contributed by atoms with Crippen LogP contribution in [-0.2, 0) is 11.3 Å². The van der Waals surface area contributed by atoms with Gasteiger partial charge in [0.25, 0.3) is 5.69 Å². The van der Waals surface area contributed by atoms with Crippen LogP contribution in [0.4, 0.5) is 5.69 Å². The molecule has 0 radical (unpaired) electrons. The fourth-order valence-electron chi connectivity index (χ4n) is 3.99. The molecule has 1 N–H and O–H groups in total. The van der Waals surface area contributed by atoms with Crippen molar-refractivity contribution in [3.05, 3.63) is 39.9 Å². The number of likely N-dealkylation sites (tertiary alicyclic amines) is 1. The van der Waals surface area contributed by atoms with E-state index in [0.717, 1.165) is 70.2 Å². The summed E-state index contributed by atoms with van der Waals surface area (Å²) in [5.41, 5.74) is 1.02. The predicted molar refractivity (Wildman–Crippen MR) is 132 cm³/mol. The quantitative estimate of drug-likeness (QED) is 0.194. The number of guanidine groups is 1. The fourth-order valence-corrected chi connectivity index (χ4v) is 3.99. The highest BCUT2D eigenvalue weighted by atomic mass is 127. The van der Waals surface area contributed by atoms with E-state index >= 15 is 0 Å². The Bertz CT molecular complexity index is 759. The van der Waals surface area contributed by atoms with Gasteiger partial charge in [-0.05, 0) is 32.3 Å². The van der Waals surface area contributed by atoms with E-state index in [9.17, 15) is 14.9 Å². The van der Waals surface area contributed by atoms with E-state index in [-0.39, 0.29) is 41.6 Å². The fraction of sp³-hybridized carbons (Fsp3) is 0.619. The molecule has 0 aliphatic carbocycles. The Morgan fingerprint density at radius 1 is 1.10 bits per heavy atom. The average molecular weight is 544 g/mol. The standard InChI is InChI=1S/C21H32N6O3.HI/c1-3-22-21(23-16-18-6-8-19(9-7-18)27(29)30)26-14-12-24(13-15-26)17(2)20(28)25-10-4-5-11-25;/h6-9,17H,3-5,10-16H2,1-2H3,(H,22,23);1H. The van der Waals surface area contributed by atoms with Gasteiger partial charge < -0.3 is 15.1 Å². The molecule has 0 aromatic heterocycles. The molecular formula is C21H33IN6O3. The van der Waals surface area contributed by atoms with E-state index < -0.39 is 4.92 Å². The van der Waals surface area contributed by atoms with Gasteiger partial charge in [0, 0.05) is 57.9 Å². The van der Waals surface area contributed by atoms with E-state index in [4.69, 9.17) is 4.99 Å². The summed E-state index contributed by atoms with van der Waals surface area (Å²) < 4.78 is 0. The highest BCUT2D eigenvalue weighted by Crippen LogP contribution is 2.15. The number of nitro benzene ring substituents is 1. The number of non-ortho nitro benzene ring substituents is 1. The third-order valence-electron chi connectivity index (χ3n) is 5.83. The zero-order valence-electron chi connectivity index (χ0n) is 18.3. The molecule has 0 saturated carbocycles. The molecule has 2 aliphatic heterocycles. The molecular weight excluding hydrogens is 511 g/mol. The van der Waals surface area contributed by atoms with Crippen LogP contribution in [0.5, 0.6) is 0 Å². The van der Waals surface area contributed by atoms with Crippen molar-refractivity contribution in [2.75, 3.05) is 45.8 Å². The number of hydrogen-bond acceptors (Lipinski definition) is 5. The topological polar surface area (TPSA) is 94.3 Å². The monoisotopic (exact) mass is 544 g/mol. The molecule has 2 heterocycles. The van der Waals surface area contributed by atoms with Gasteiger partial charge in [0.05, 0.1) is 17.5 Å². The Morgan fingerprint density at radius 3 is 2.26 bits per heavy atom. The first-order valence-electron chi connectivity index (χ1n) is 10.8. The SMILES string of the molecule is CCNC(=NCc1ccc([N+](=O)[O-])cc1)N1CCN(C(C)C(=O)N2CCCC2)CC1.I. The van der Waals surface area contributed by atoms with Crippen molar-refractivity contribution in [3.63, 3.8) is 0 Å². The van der Waals surface area contributed by atoms with Gasteiger partial charge in [-0.25, -0.2) is 4.99 Å². The number of piperazine rings is 1. The molecule has 1 aromatic rings. The highest BCUT2D eigenvalue weighted by Gasteiger charge is 2.30. The number of amides is 1. The predicted octanol–water partition coefficient (Wildman–Crippen LogP) is 2.31. The lowest BCUT2D eigenvalue weighted by atomic mass is 10.2. The van der Waals surface area contributed by atoms with Gasteiger partial charge in [0.15, 0.2) is 5.96 Å². The van der Waals surface area contributed by atoms with E-state index in [2.05, 4.69) is 15.1 Å². The van der Waals surface area contributed by atoms with Crippen LogP contribution >= 0.6 is 24.0 Å². The van der Waals surface area contributed by atoms with Gasteiger partial charge in [-0.1, -0.05) is 12.1 Å². The number of benzene rings is 1. The highest BCUT2D eigenvalue weighted by molar-refractivity contribution is 14.0. The Labute approximate surface area is 201 Å². The number of carbonyl (C=O) groups excluding carboxylic acids is 1. The second kappa shape index (κ2) is 12.2. The lowest BCUT2D eigenvalue weighted by Crippen LogP contribution is -2.57. The van der Waals surface area contributed by atoms with Gasteiger partial charge in [0.2, 0.25) is 5.91 Å². The summed E-state index contributed by atoms with van der Waals surface area (Å²) in [4.78, 5) is 34.3. The molecule has 1 atom stereocenters. The maximum Gasteiger partial charge on any atom is 0.269 e. The van der Waals surface area contributed by atoms with Crippen LogP contribution in [0.3, 0.4) is 0 Å². The Balaban J connectivity index is 0.00000341. The van der Waals surface area contributed by atoms with E-state index in [0.29, 0.717) is 6.54 Å². The Morgan fingerprint density at radius 2 is 1.71 bits per heavy atom. The summed E-state index contributed by atoms with van der Waals surface area (Å²) in [7, 11) is 0. The second-order valence-electron chi connectivity index (χ2n) is 7.83. The molecule has 31 heavy (non-hydrogen) atoms. The summed E-state index contributed by atoms with van der Waals surface area (Å²) in [5.74, 6) is 1.09. The van der Waals surface area contributed by atoms with Crippen LogP contribution in [0.15, 0.2) is 29.3 Å². The molecule has 3 rings (SSSR count). The normalized spacial score (nSPS) is 18.5. The molecule has 10 heteroatoms. The molecule has 1 unspecified atom stereocenters. The maximum atomic E-state index is 12.7. The molecule has 1 amide bonds. The second-order valence-corrected chi connectivity index (χ2v) is 7.83. The Kier molecular flexibility index (Phi) is 9.94. The van der Waals surface area contributed by atoms with Crippen LogP contribution in [0.25, 0.3) is 0 Å². The van der Waals surface area contributed by atoms with Gasteiger partial charge in [0.1, 0.15) is 0 Å². The molecule has 2 aliphatic rings. The van der Waals surface area contributed by atoms with Gasteiger partial charge >= 0.3 is 0 Å². The van der Waals surface area contributed by atoms with Crippen molar-refractivity contribution >= 4 is 41.5 Å². The first-order valence-corrected chi connectivity index (χ1v) is 10.8. The smallest absolute Gasteiger partial charge is 0.269 e. The number of nitrogens with zero attached hydrogens (tertiary/aromatic N) is 5. The van der Waals surface area contributed by atoms with Crippen LogP contribution in [-0.4, -0.2) is 83.3 Å². The minimum atomic E-state index is -0.397. The first-order chi connectivity index (χ1) is 14.5. The van der Waals surface area contributed by atoms with Gasteiger partial charge in [-0.15, -0.1) is 24.0 Å². The molecule has 0 bridgehead atoms. The number of nitrogens with one attached hydrogen (secondary N) is 1. The van der Waals surface area contributed by atoms with Crippen LogP contribution in [0.2, 0.25) is 0 Å². The summed E-state index contributed by atoms with van der Waals surface area (Å²) >= 11 is 0. The van der Waals surface area contributed by atoms with Crippen molar-refractivity contribution < 1.29 is 9.72 Å². The minimum Gasteiger partial charge on any atom is -0.357 e. The molecule has 2 saturated heterocycles. The largest absolute Gasteiger partial charge is 0.357 e. The van der Waals surface area contributed by atoms with Gasteiger partial charge in [-0.3, -0.25) is 19.8 Å². The van der Waals surface area contributed by atoms with Crippen molar-refractivity contribution in [2.24, 2.45) is 4.99 Å². The third kappa shape index (κ3) is 6.76. The zero-order valence-corrected chi connectivity index (χ0v) is 20.7. The van der Waals surface area contributed by atoms with Crippen molar-refractivity contribution in [1.29, 1.82) is 0 Å². The van der Waals surface area contributed by atoms with Crippen molar-refractivity contribution in [1.82, 2.24) is 20.0 Å². The summed E-state index contributed by atoms with van der Waals surface area (Å²) in [6.45, 7) is 10.3. The molecule has 9 nitrogen and oxygen atoms in total. The molecule has 1 aromatic carbocycles. The summed E-state index contributed by atoms with van der Waals surface area (Å²) in [6, 6.07) is 6.43. The van der Waals surface area contributed by atoms with Crippen LogP contribution < -0.4 is 5.32 Å². The number of carbonyl (C=O) groups is 1. The number of rotatable bonds is 6. The van der Waals surface area contributed by atoms with Crippen molar-refractivity contribution in [3.8, 4) is 0 Å². The number of nitro groups is 1. The number of hydrogen-bond donors (Lipinski definition) is 1. The van der Waals surface area contributed by atoms with E-state index in [1.54, 1.807) is 12.1 Å². The van der Waals surface area contributed by atoms with Crippen LogP contribution in [0.1, 0.15) is 32.3 Å². The van der Waals surface area contributed by atoms with Crippen LogP contribution in [0, 0.1) is 10.1 Å². The van der Waals surface area contributed by atoms with E-state index in [1.165, 1.54) is 12.1 Å². The van der Waals surface area contributed by atoms with Gasteiger partial charge in [-0.2, -0.15) is 0 Å². The summed E-state index contributed by atoms with van der Waals surface area (Å²) in [6.07, 6.45) is 2.23.